The van der Waals surface area contributed by atoms with Gasteiger partial charge in [0.1, 0.15) is 0 Å². The van der Waals surface area contributed by atoms with Gasteiger partial charge >= 0.3 is 0 Å². The van der Waals surface area contributed by atoms with Crippen molar-refractivity contribution >= 4 is 0 Å². The Hall–Kier alpha value is -0.0700. The van der Waals surface area contributed by atoms with Crippen LogP contribution in [-0.2, 0) is 0 Å². The Kier molecular flexibility index (Phi) is 17.9. The lowest BCUT2D eigenvalue weighted by Gasteiger charge is -2.04. The van der Waals surface area contributed by atoms with Crippen molar-refractivity contribution < 1.29 is 4.39 Å². The van der Waals surface area contributed by atoms with Gasteiger partial charge in [-0.15, -0.1) is 0 Å². The van der Waals surface area contributed by atoms with Crippen LogP contribution in [0.4, 0.5) is 4.39 Å². The summed E-state index contributed by atoms with van der Waals surface area (Å²) in [6.07, 6.45) is 22.3. The molecule has 0 radical (unpaired) electrons. The van der Waals surface area contributed by atoms with Crippen molar-refractivity contribution in [2.75, 3.05) is 0 Å². The van der Waals surface area contributed by atoms with E-state index in [0.717, 1.165) is 12.8 Å². The topological polar surface area (TPSA) is 0 Å². The fraction of sp³-hybridized carbons (Fsp3) is 1.00. The summed E-state index contributed by atoms with van der Waals surface area (Å²) in [5, 5.41) is 0. The molecule has 0 N–H and O–H groups in total. The van der Waals surface area contributed by atoms with Crippen LogP contribution < -0.4 is 0 Å². The normalized spacial score (nSPS) is 12.7. The first kappa shape index (κ1) is 20.9. The molecule has 1 atom stereocenters. The second-order valence-corrected chi connectivity index (χ2v) is 6.87. The zero-order valence-corrected chi connectivity index (χ0v) is 15.0. The van der Waals surface area contributed by atoms with Crippen molar-refractivity contribution in [3.8, 4) is 0 Å². The highest BCUT2D eigenvalue weighted by molar-refractivity contribution is 4.51. The van der Waals surface area contributed by atoms with E-state index in [4.69, 9.17) is 0 Å². The van der Waals surface area contributed by atoms with Gasteiger partial charge in [-0.1, -0.05) is 110 Å². The molecule has 0 aromatic carbocycles. The third-order valence-electron chi connectivity index (χ3n) is 4.46. The van der Waals surface area contributed by atoms with Crippen LogP contribution in [0, 0.1) is 0 Å². The van der Waals surface area contributed by atoms with E-state index in [-0.39, 0.29) is 0 Å². The van der Waals surface area contributed by atoms with Gasteiger partial charge in [0.15, 0.2) is 0 Å². The summed E-state index contributed by atoms with van der Waals surface area (Å²) in [4.78, 5) is 0. The average Bonchev–Trinajstić information content (AvgIpc) is 2.46. The SMILES string of the molecule is CCCCCCCCCCCCCCCCCCC(C)F. The molecule has 0 heterocycles. The van der Waals surface area contributed by atoms with Crippen molar-refractivity contribution in [1.82, 2.24) is 0 Å². The number of hydrogen-bond donors (Lipinski definition) is 0. The molecule has 21 heavy (non-hydrogen) atoms. The van der Waals surface area contributed by atoms with Gasteiger partial charge in [0.05, 0.1) is 6.17 Å². The molecule has 0 aliphatic rings. The van der Waals surface area contributed by atoms with Gasteiger partial charge in [-0.2, -0.15) is 0 Å². The van der Waals surface area contributed by atoms with Gasteiger partial charge in [-0.05, 0) is 13.3 Å². The summed E-state index contributed by atoms with van der Waals surface area (Å²) in [6.45, 7) is 3.95. The quantitative estimate of drug-likeness (QED) is 0.239. The standard InChI is InChI=1S/C20H41F/c1-3-4-5-6-7-8-9-10-11-12-13-14-15-16-17-18-19-20(2)21/h20H,3-19H2,1-2H3. The second-order valence-electron chi connectivity index (χ2n) is 6.87. The van der Waals surface area contributed by atoms with E-state index in [1.165, 1.54) is 96.3 Å². The monoisotopic (exact) mass is 300 g/mol. The minimum atomic E-state index is -0.600. The first-order valence-corrected chi connectivity index (χ1v) is 9.91. The molecule has 0 aliphatic carbocycles. The van der Waals surface area contributed by atoms with Crippen LogP contribution >= 0.6 is 0 Å². The molecule has 0 fully saturated rings. The summed E-state index contributed by atoms with van der Waals surface area (Å²) in [5.41, 5.74) is 0. The van der Waals surface area contributed by atoms with Crippen molar-refractivity contribution in [2.24, 2.45) is 0 Å². The molecular weight excluding hydrogens is 259 g/mol. The second kappa shape index (κ2) is 18.0. The molecule has 0 aromatic rings. The van der Waals surface area contributed by atoms with Crippen molar-refractivity contribution in [3.05, 3.63) is 0 Å². The smallest absolute Gasteiger partial charge is 0.0973 e. The van der Waals surface area contributed by atoms with Crippen LogP contribution in [0.5, 0.6) is 0 Å². The largest absolute Gasteiger partial charge is 0.248 e. The molecule has 0 saturated carbocycles. The van der Waals surface area contributed by atoms with Crippen molar-refractivity contribution in [2.45, 2.75) is 129 Å². The van der Waals surface area contributed by atoms with Crippen molar-refractivity contribution in [1.29, 1.82) is 0 Å². The minimum absolute atomic E-state index is 0.600. The van der Waals surface area contributed by atoms with Crippen LogP contribution in [0.2, 0.25) is 0 Å². The van der Waals surface area contributed by atoms with E-state index in [2.05, 4.69) is 6.92 Å². The Balaban J connectivity index is 2.93. The fourth-order valence-corrected chi connectivity index (χ4v) is 2.97. The summed E-state index contributed by atoms with van der Waals surface area (Å²) >= 11 is 0. The zero-order chi connectivity index (χ0) is 15.6. The lowest BCUT2D eigenvalue weighted by Crippen LogP contribution is -1.91. The predicted octanol–water partition coefficient (Wildman–Crippen LogP) is 8.00. The first-order valence-electron chi connectivity index (χ1n) is 9.91. The minimum Gasteiger partial charge on any atom is -0.248 e. The highest BCUT2D eigenvalue weighted by Crippen LogP contribution is 2.14. The van der Waals surface area contributed by atoms with Gasteiger partial charge in [-0.25, -0.2) is 4.39 Å². The molecule has 0 bridgehead atoms. The predicted molar refractivity (Wildman–Crippen MR) is 94.7 cm³/mol. The maximum absolute atomic E-state index is 12.6. The number of rotatable bonds is 17. The molecule has 0 aliphatic heterocycles. The van der Waals surface area contributed by atoms with Gasteiger partial charge in [0.25, 0.3) is 0 Å². The molecule has 0 rings (SSSR count). The third-order valence-corrected chi connectivity index (χ3v) is 4.46. The summed E-state index contributed by atoms with van der Waals surface area (Å²) in [7, 11) is 0. The molecule has 1 unspecified atom stereocenters. The Labute approximate surface area is 134 Å². The molecule has 128 valence electrons. The van der Waals surface area contributed by atoms with E-state index in [9.17, 15) is 4.39 Å². The van der Waals surface area contributed by atoms with Gasteiger partial charge in [0.2, 0.25) is 0 Å². The highest BCUT2D eigenvalue weighted by atomic mass is 19.1. The number of unbranched alkanes of at least 4 members (excludes halogenated alkanes) is 15. The lowest BCUT2D eigenvalue weighted by molar-refractivity contribution is 0.329. The number of alkyl halides is 1. The molecule has 0 amide bonds. The van der Waals surface area contributed by atoms with Crippen molar-refractivity contribution in [3.63, 3.8) is 0 Å². The van der Waals surface area contributed by atoms with E-state index in [1.807, 2.05) is 0 Å². The highest BCUT2D eigenvalue weighted by Gasteiger charge is 1.97. The van der Waals surface area contributed by atoms with Crippen LogP contribution in [0.3, 0.4) is 0 Å². The number of hydrogen-bond acceptors (Lipinski definition) is 0. The Morgan fingerprint density at radius 1 is 0.524 bits per heavy atom. The van der Waals surface area contributed by atoms with Crippen LogP contribution in [-0.4, -0.2) is 6.17 Å². The van der Waals surface area contributed by atoms with Gasteiger partial charge < -0.3 is 0 Å². The Morgan fingerprint density at radius 3 is 1.10 bits per heavy atom. The average molecular weight is 301 g/mol. The van der Waals surface area contributed by atoms with Gasteiger partial charge in [0, 0.05) is 0 Å². The summed E-state index contributed by atoms with van der Waals surface area (Å²) < 4.78 is 12.6. The maximum Gasteiger partial charge on any atom is 0.0973 e. The van der Waals surface area contributed by atoms with Crippen LogP contribution in [0.25, 0.3) is 0 Å². The molecule has 1 heteroatoms. The summed E-state index contributed by atoms with van der Waals surface area (Å²) in [6, 6.07) is 0. The third kappa shape index (κ3) is 19.9. The Morgan fingerprint density at radius 2 is 0.810 bits per heavy atom. The van der Waals surface area contributed by atoms with Crippen LogP contribution in [0.15, 0.2) is 0 Å². The van der Waals surface area contributed by atoms with E-state index >= 15 is 0 Å². The lowest BCUT2D eigenvalue weighted by atomic mass is 10.0. The summed E-state index contributed by atoms with van der Waals surface area (Å²) in [5.74, 6) is 0. The van der Waals surface area contributed by atoms with E-state index < -0.39 is 6.17 Å². The molecule has 0 nitrogen and oxygen atoms in total. The molecule has 0 saturated heterocycles. The fourth-order valence-electron chi connectivity index (χ4n) is 2.97. The first-order chi connectivity index (χ1) is 10.3. The van der Waals surface area contributed by atoms with E-state index in [1.54, 1.807) is 6.92 Å². The van der Waals surface area contributed by atoms with E-state index in [0.29, 0.717) is 0 Å². The van der Waals surface area contributed by atoms with Gasteiger partial charge in [-0.3, -0.25) is 0 Å². The molecular formula is C20H41F. The van der Waals surface area contributed by atoms with Crippen LogP contribution in [0.1, 0.15) is 123 Å². The molecule has 0 aromatic heterocycles. The molecule has 0 spiro atoms. The number of halogens is 1. The maximum atomic E-state index is 12.6. The zero-order valence-electron chi connectivity index (χ0n) is 15.0. The Bertz CT molecular complexity index is 177.